The van der Waals surface area contributed by atoms with Gasteiger partial charge < -0.3 is 10.2 Å². The van der Waals surface area contributed by atoms with E-state index in [1.165, 1.54) is 6.08 Å². The summed E-state index contributed by atoms with van der Waals surface area (Å²) in [5.74, 6) is -2.11. The normalized spacial score (nSPS) is 10.8. The van der Waals surface area contributed by atoms with Crippen molar-refractivity contribution >= 4 is 33.5 Å². The molecule has 0 spiro atoms. The van der Waals surface area contributed by atoms with Gasteiger partial charge >= 0.3 is 5.69 Å². The third-order valence-corrected chi connectivity index (χ3v) is 3.32. The Labute approximate surface area is 133 Å². The Balaban J connectivity index is 2.32. The summed E-state index contributed by atoms with van der Waals surface area (Å²) >= 11 is 3.30. The van der Waals surface area contributed by atoms with Crippen molar-refractivity contribution in [2.24, 2.45) is 0 Å². The lowest BCUT2D eigenvalue weighted by atomic mass is 10.1. The number of aromatic hydroxyl groups is 2. The molecule has 0 aliphatic rings. The molecule has 2 rings (SSSR count). The SMILES string of the molecule is O=C(/C=C/c1cccc(Br)c1)c1cc(O)c(O)c([N+](=O)[O-])c1. The fraction of sp³-hybridized carbons (Fsp3) is 0. The van der Waals surface area contributed by atoms with Gasteiger partial charge in [-0.2, -0.15) is 0 Å². The Bertz CT molecular complexity index is 785. The number of carbonyl (C=O) groups excluding carboxylic acids is 1. The van der Waals surface area contributed by atoms with Crippen molar-refractivity contribution in [2.45, 2.75) is 0 Å². The van der Waals surface area contributed by atoms with Gasteiger partial charge in [0.05, 0.1) is 4.92 Å². The number of nitrogens with zero attached hydrogens (tertiary/aromatic N) is 1. The molecule has 0 heterocycles. The quantitative estimate of drug-likeness (QED) is 0.283. The van der Waals surface area contributed by atoms with Crippen molar-refractivity contribution < 1.29 is 19.9 Å². The maximum Gasteiger partial charge on any atom is 0.315 e. The van der Waals surface area contributed by atoms with Crippen molar-refractivity contribution in [1.82, 2.24) is 0 Å². The Morgan fingerprint density at radius 1 is 1.23 bits per heavy atom. The summed E-state index contributed by atoms with van der Waals surface area (Å²) in [6.45, 7) is 0. The van der Waals surface area contributed by atoms with Gasteiger partial charge in [-0.3, -0.25) is 14.9 Å². The highest BCUT2D eigenvalue weighted by atomic mass is 79.9. The fourth-order valence-corrected chi connectivity index (χ4v) is 2.18. The highest BCUT2D eigenvalue weighted by Gasteiger charge is 2.20. The van der Waals surface area contributed by atoms with Crippen LogP contribution in [0.3, 0.4) is 0 Å². The van der Waals surface area contributed by atoms with Crippen molar-refractivity contribution in [2.75, 3.05) is 0 Å². The maximum atomic E-state index is 12.0. The van der Waals surface area contributed by atoms with Gasteiger partial charge in [0.15, 0.2) is 11.5 Å². The van der Waals surface area contributed by atoms with Gasteiger partial charge in [-0.1, -0.05) is 34.1 Å². The highest BCUT2D eigenvalue weighted by molar-refractivity contribution is 9.10. The predicted molar refractivity (Wildman–Crippen MR) is 83.9 cm³/mol. The zero-order valence-electron chi connectivity index (χ0n) is 11.1. The van der Waals surface area contributed by atoms with E-state index < -0.39 is 27.9 Å². The Hall–Kier alpha value is -2.67. The second-order valence-electron chi connectivity index (χ2n) is 4.37. The summed E-state index contributed by atoms with van der Waals surface area (Å²) in [7, 11) is 0. The average molecular weight is 364 g/mol. The van der Waals surface area contributed by atoms with Crippen LogP contribution in [-0.4, -0.2) is 20.9 Å². The number of rotatable bonds is 4. The van der Waals surface area contributed by atoms with Crippen LogP contribution in [0.25, 0.3) is 6.08 Å². The third kappa shape index (κ3) is 3.50. The van der Waals surface area contributed by atoms with E-state index in [4.69, 9.17) is 0 Å². The molecule has 0 saturated carbocycles. The molecule has 0 aliphatic carbocycles. The number of ketones is 1. The van der Waals surface area contributed by atoms with Gasteiger partial charge in [-0.15, -0.1) is 0 Å². The van der Waals surface area contributed by atoms with Crippen LogP contribution >= 0.6 is 15.9 Å². The number of hydrogen-bond acceptors (Lipinski definition) is 5. The number of nitro benzene ring substituents is 1. The predicted octanol–water partition coefficient (Wildman–Crippen LogP) is 3.66. The summed E-state index contributed by atoms with van der Waals surface area (Å²) in [4.78, 5) is 21.9. The van der Waals surface area contributed by atoms with Gasteiger partial charge in [-0.25, -0.2) is 0 Å². The largest absolute Gasteiger partial charge is 0.504 e. The van der Waals surface area contributed by atoms with E-state index in [0.29, 0.717) is 0 Å². The summed E-state index contributed by atoms with van der Waals surface area (Å²) < 4.78 is 0.847. The molecule has 0 aromatic heterocycles. The molecule has 0 unspecified atom stereocenters. The molecule has 0 fully saturated rings. The molecule has 22 heavy (non-hydrogen) atoms. The number of nitro groups is 1. The van der Waals surface area contributed by atoms with Crippen LogP contribution in [0.1, 0.15) is 15.9 Å². The first-order chi connectivity index (χ1) is 10.4. The molecule has 2 aromatic carbocycles. The van der Waals surface area contributed by atoms with Gasteiger partial charge in [0, 0.05) is 16.1 Å². The molecular weight excluding hydrogens is 354 g/mol. The van der Waals surface area contributed by atoms with Crippen LogP contribution < -0.4 is 0 Å². The van der Waals surface area contributed by atoms with Crippen LogP contribution in [0.5, 0.6) is 11.5 Å². The minimum atomic E-state index is -0.871. The van der Waals surface area contributed by atoms with Crippen molar-refractivity contribution in [3.8, 4) is 11.5 Å². The molecule has 0 saturated heterocycles. The molecule has 7 heteroatoms. The summed E-state index contributed by atoms with van der Waals surface area (Å²) in [5.41, 5.74) is -0.0484. The van der Waals surface area contributed by atoms with Crippen LogP contribution in [0.15, 0.2) is 46.9 Å². The van der Waals surface area contributed by atoms with Gasteiger partial charge in [0.25, 0.3) is 0 Å². The highest BCUT2D eigenvalue weighted by Crippen LogP contribution is 2.36. The first-order valence-electron chi connectivity index (χ1n) is 6.07. The topological polar surface area (TPSA) is 101 Å². The number of hydrogen-bond donors (Lipinski definition) is 2. The van der Waals surface area contributed by atoms with E-state index in [2.05, 4.69) is 15.9 Å². The van der Waals surface area contributed by atoms with Crippen molar-refractivity contribution in [3.63, 3.8) is 0 Å². The van der Waals surface area contributed by atoms with E-state index in [9.17, 15) is 25.1 Å². The first-order valence-corrected chi connectivity index (χ1v) is 6.86. The lowest BCUT2D eigenvalue weighted by Gasteiger charge is -2.02. The number of phenolic OH excluding ortho intramolecular Hbond substituents is 2. The molecule has 6 nitrogen and oxygen atoms in total. The Kier molecular flexibility index (Phi) is 4.57. The number of benzene rings is 2. The number of carbonyl (C=O) groups is 1. The summed E-state index contributed by atoms with van der Waals surface area (Å²) in [5, 5.41) is 29.6. The lowest BCUT2D eigenvalue weighted by Crippen LogP contribution is -1.97. The standard InChI is InChI=1S/C15H10BrNO5/c16-11-3-1-2-9(6-11)4-5-13(18)10-7-12(17(21)22)15(20)14(19)8-10/h1-8,19-20H/b5-4+. The molecular formula is C15H10BrNO5. The third-order valence-electron chi connectivity index (χ3n) is 2.83. The number of allylic oxidation sites excluding steroid dienone is 1. The second kappa shape index (κ2) is 6.40. The number of phenols is 2. The van der Waals surface area contributed by atoms with Crippen LogP contribution in [0.4, 0.5) is 5.69 Å². The molecule has 2 aromatic rings. The van der Waals surface area contributed by atoms with Crippen LogP contribution in [0.2, 0.25) is 0 Å². The molecule has 0 atom stereocenters. The molecule has 0 radical (unpaired) electrons. The van der Waals surface area contributed by atoms with Gasteiger partial charge in [-0.05, 0) is 29.8 Å². The number of halogens is 1. The van der Waals surface area contributed by atoms with Gasteiger partial charge in [0.2, 0.25) is 5.75 Å². The van der Waals surface area contributed by atoms with E-state index in [0.717, 1.165) is 22.2 Å². The molecule has 0 aliphatic heterocycles. The molecule has 0 amide bonds. The fourth-order valence-electron chi connectivity index (χ4n) is 1.76. The minimum Gasteiger partial charge on any atom is -0.504 e. The zero-order valence-corrected chi connectivity index (χ0v) is 12.6. The summed E-state index contributed by atoms with van der Waals surface area (Å²) in [6.07, 6.45) is 2.78. The lowest BCUT2D eigenvalue weighted by molar-refractivity contribution is -0.386. The molecule has 2 N–H and O–H groups in total. The molecule has 0 bridgehead atoms. The van der Waals surface area contributed by atoms with E-state index in [1.807, 2.05) is 6.07 Å². The van der Waals surface area contributed by atoms with E-state index in [-0.39, 0.29) is 5.56 Å². The van der Waals surface area contributed by atoms with Crippen LogP contribution in [0, 0.1) is 10.1 Å². The van der Waals surface area contributed by atoms with Gasteiger partial charge in [0.1, 0.15) is 0 Å². The average Bonchev–Trinajstić information content (AvgIpc) is 2.47. The van der Waals surface area contributed by atoms with Crippen LogP contribution in [-0.2, 0) is 0 Å². The summed E-state index contributed by atoms with van der Waals surface area (Å²) in [6, 6.07) is 9.11. The minimum absolute atomic E-state index is 0.0896. The monoisotopic (exact) mass is 363 g/mol. The second-order valence-corrected chi connectivity index (χ2v) is 5.29. The molecule has 112 valence electrons. The van der Waals surface area contributed by atoms with Crippen molar-refractivity contribution in [3.05, 3.63) is 68.2 Å². The van der Waals surface area contributed by atoms with E-state index >= 15 is 0 Å². The maximum absolute atomic E-state index is 12.0. The smallest absolute Gasteiger partial charge is 0.315 e. The zero-order chi connectivity index (χ0) is 16.3. The first kappa shape index (κ1) is 15.7. The van der Waals surface area contributed by atoms with E-state index in [1.54, 1.807) is 24.3 Å². The Morgan fingerprint density at radius 2 is 1.95 bits per heavy atom. The Morgan fingerprint density at radius 3 is 2.59 bits per heavy atom. The van der Waals surface area contributed by atoms with Crippen molar-refractivity contribution in [1.29, 1.82) is 0 Å².